The van der Waals surface area contributed by atoms with Gasteiger partial charge < -0.3 is 14.4 Å². The van der Waals surface area contributed by atoms with Crippen LogP contribution in [0.4, 0.5) is 0 Å². The first-order valence-corrected chi connectivity index (χ1v) is 7.59. The van der Waals surface area contributed by atoms with Crippen LogP contribution in [0, 0.1) is 6.92 Å². The second-order valence-electron chi connectivity index (χ2n) is 5.12. The maximum absolute atomic E-state index is 12.6. The lowest BCUT2D eigenvalue weighted by Crippen LogP contribution is -2.40. The third-order valence-corrected chi connectivity index (χ3v) is 3.67. The molecule has 23 heavy (non-hydrogen) atoms. The van der Waals surface area contributed by atoms with E-state index in [-0.39, 0.29) is 5.91 Å². The summed E-state index contributed by atoms with van der Waals surface area (Å²) in [6.07, 6.45) is 1.57. The molecule has 1 fully saturated rings. The van der Waals surface area contributed by atoms with Crippen molar-refractivity contribution in [3.05, 3.63) is 29.6 Å². The summed E-state index contributed by atoms with van der Waals surface area (Å²) in [7, 11) is 0. The second kappa shape index (κ2) is 6.74. The fourth-order valence-corrected chi connectivity index (χ4v) is 2.44. The van der Waals surface area contributed by atoms with Crippen LogP contribution in [0.25, 0.3) is 5.82 Å². The van der Waals surface area contributed by atoms with Crippen molar-refractivity contribution in [3.63, 3.8) is 0 Å². The van der Waals surface area contributed by atoms with E-state index in [1.54, 1.807) is 27.9 Å². The number of amides is 1. The summed E-state index contributed by atoms with van der Waals surface area (Å²) in [6.45, 7) is 6.62. The predicted octanol–water partition coefficient (Wildman–Crippen LogP) is 0.842. The number of morpholine rings is 1. The lowest BCUT2D eigenvalue weighted by molar-refractivity contribution is 0.0302. The van der Waals surface area contributed by atoms with Crippen LogP contribution in [-0.4, -0.2) is 63.7 Å². The van der Waals surface area contributed by atoms with Crippen LogP contribution >= 0.6 is 0 Å². The van der Waals surface area contributed by atoms with Crippen molar-refractivity contribution in [3.8, 4) is 11.7 Å². The Morgan fingerprint density at radius 1 is 1.30 bits per heavy atom. The van der Waals surface area contributed by atoms with E-state index < -0.39 is 0 Å². The maximum atomic E-state index is 12.6. The molecule has 0 spiro atoms. The predicted molar refractivity (Wildman–Crippen MR) is 81.8 cm³/mol. The molecule has 0 bridgehead atoms. The van der Waals surface area contributed by atoms with Crippen LogP contribution in [0.3, 0.4) is 0 Å². The zero-order chi connectivity index (χ0) is 16.2. The Balaban J connectivity index is 1.82. The quantitative estimate of drug-likeness (QED) is 0.831. The number of ether oxygens (including phenoxy) is 2. The van der Waals surface area contributed by atoms with E-state index in [9.17, 15) is 4.79 Å². The summed E-state index contributed by atoms with van der Waals surface area (Å²) < 4.78 is 12.2. The van der Waals surface area contributed by atoms with Crippen LogP contribution < -0.4 is 4.74 Å². The smallest absolute Gasteiger partial charge is 0.257 e. The van der Waals surface area contributed by atoms with Gasteiger partial charge in [0.1, 0.15) is 0 Å². The van der Waals surface area contributed by atoms with Gasteiger partial charge in [0.15, 0.2) is 5.82 Å². The Labute approximate surface area is 134 Å². The van der Waals surface area contributed by atoms with Gasteiger partial charge in [0.25, 0.3) is 5.91 Å². The van der Waals surface area contributed by atoms with E-state index in [1.807, 2.05) is 13.8 Å². The Kier molecular flexibility index (Phi) is 4.52. The monoisotopic (exact) mass is 317 g/mol. The van der Waals surface area contributed by atoms with Gasteiger partial charge in [-0.05, 0) is 19.9 Å². The molecule has 1 amide bonds. The maximum Gasteiger partial charge on any atom is 0.257 e. The largest absolute Gasteiger partial charge is 0.477 e. The molecular formula is C15H19N5O3. The number of nitrogens with zero attached hydrogens (tertiary/aromatic N) is 5. The molecule has 1 aliphatic heterocycles. The van der Waals surface area contributed by atoms with Gasteiger partial charge in [-0.1, -0.05) is 0 Å². The molecule has 2 aromatic heterocycles. The van der Waals surface area contributed by atoms with Gasteiger partial charge in [-0.2, -0.15) is 5.10 Å². The van der Waals surface area contributed by atoms with Crippen molar-refractivity contribution < 1.29 is 14.3 Å². The van der Waals surface area contributed by atoms with E-state index >= 15 is 0 Å². The minimum absolute atomic E-state index is 0.0315. The first-order chi connectivity index (χ1) is 11.2. The second-order valence-corrected chi connectivity index (χ2v) is 5.12. The van der Waals surface area contributed by atoms with Crippen LogP contribution in [0.15, 0.2) is 18.3 Å². The molecule has 3 rings (SSSR count). The summed E-state index contributed by atoms with van der Waals surface area (Å²) in [5.41, 5.74) is 1.31. The SMILES string of the molecule is CCOc1ccc(-n2ncc(C(=O)N3CCOCC3)c2C)nn1. The Morgan fingerprint density at radius 2 is 2.09 bits per heavy atom. The molecule has 1 aliphatic rings. The van der Waals surface area contributed by atoms with Crippen molar-refractivity contribution in [1.29, 1.82) is 0 Å². The molecule has 0 aliphatic carbocycles. The minimum atomic E-state index is -0.0315. The highest BCUT2D eigenvalue weighted by atomic mass is 16.5. The highest BCUT2D eigenvalue weighted by molar-refractivity contribution is 5.95. The topological polar surface area (TPSA) is 82.4 Å². The summed E-state index contributed by atoms with van der Waals surface area (Å²) in [4.78, 5) is 14.3. The molecule has 0 unspecified atom stereocenters. The molecule has 1 saturated heterocycles. The molecule has 3 heterocycles. The number of hydrogen-bond donors (Lipinski definition) is 0. The fourth-order valence-electron chi connectivity index (χ4n) is 2.44. The van der Waals surface area contributed by atoms with Gasteiger partial charge in [0.2, 0.25) is 5.88 Å². The molecule has 2 aromatic rings. The Hall–Kier alpha value is -2.48. The van der Waals surface area contributed by atoms with Gasteiger partial charge in [0, 0.05) is 19.2 Å². The molecule has 8 heteroatoms. The molecule has 0 aromatic carbocycles. The molecule has 0 N–H and O–H groups in total. The van der Waals surface area contributed by atoms with Gasteiger partial charge in [-0.3, -0.25) is 4.79 Å². The van der Waals surface area contributed by atoms with E-state index in [0.29, 0.717) is 50.2 Å². The zero-order valence-corrected chi connectivity index (χ0v) is 13.2. The summed E-state index contributed by atoms with van der Waals surface area (Å²) in [5.74, 6) is 0.980. The van der Waals surface area contributed by atoms with Crippen LogP contribution in [-0.2, 0) is 4.74 Å². The third kappa shape index (κ3) is 3.16. The van der Waals surface area contributed by atoms with Gasteiger partial charge >= 0.3 is 0 Å². The number of carbonyl (C=O) groups is 1. The van der Waals surface area contributed by atoms with Crippen LogP contribution in [0.5, 0.6) is 5.88 Å². The number of aromatic nitrogens is 4. The average molecular weight is 317 g/mol. The number of hydrogen-bond acceptors (Lipinski definition) is 6. The molecular weight excluding hydrogens is 298 g/mol. The molecule has 122 valence electrons. The van der Waals surface area contributed by atoms with Crippen molar-refractivity contribution >= 4 is 5.91 Å². The Bertz CT molecular complexity index is 677. The highest BCUT2D eigenvalue weighted by Gasteiger charge is 2.23. The lowest BCUT2D eigenvalue weighted by atomic mass is 10.2. The molecule has 0 atom stereocenters. The molecule has 0 saturated carbocycles. The summed E-state index contributed by atoms with van der Waals surface area (Å²) in [6, 6.07) is 3.50. The number of rotatable bonds is 4. The van der Waals surface area contributed by atoms with Crippen molar-refractivity contribution in [2.45, 2.75) is 13.8 Å². The third-order valence-electron chi connectivity index (χ3n) is 3.67. The van der Waals surface area contributed by atoms with Crippen molar-refractivity contribution in [2.24, 2.45) is 0 Å². The van der Waals surface area contributed by atoms with Gasteiger partial charge in [0.05, 0.1) is 37.3 Å². The Morgan fingerprint density at radius 3 is 2.74 bits per heavy atom. The van der Waals surface area contributed by atoms with E-state index in [0.717, 1.165) is 5.69 Å². The van der Waals surface area contributed by atoms with Gasteiger partial charge in [-0.15, -0.1) is 10.2 Å². The summed E-state index contributed by atoms with van der Waals surface area (Å²) in [5, 5.41) is 12.4. The lowest BCUT2D eigenvalue weighted by Gasteiger charge is -2.26. The first-order valence-electron chi connectivity index (χ1n) is 7.59. The fraction of sp³-hybridized carbons (Fsp3) is 0.467. The number of carbonyl (C=O) groups excluding carboxylic acids is 1. The standard InChI is InChI=1S/C15H19N5O3/c1-3-23-14-5-4-13(17-18-14)20-11(2)12(10-16-20)15(21)19-6-8-22-9-7-19/h4-5,10H,3,6-9H2,1-2H3. The highest BCUT2D eigenvalue weighted by Crippen LogP contribution is 2.16. The van der Waals surface area contributed by atoms with Crippen LogP contribution in [0.1, 0.15) is 23.0 Å². The normalized spacial score (nSPS) is 14.8. The van der Waals surface area contributed by atoms with E-state index in [4.69, 9.17) is 9.47 Å². The van der Waals surface area contributed by atoms with E-state index in [2.05, 4.69) is 15.3 Å². The zero-order valence-electron chi connectivity index (χ0n) is 13.2. The van der Waals surface area contributed by atoms with Crippen molar-refractivity contribution in [1.82, 2.24) is 24.9 Å². The minimum Gasteiger partial charge on any atom is -0.477 e. The van der Waals surface area contributed by atoms with Gasteiger partial charge in [-0.25, -0.2) is 4.68 Å². The van der Waals surface area contributed by atoms with Crippen LogP contribution in [0.2, 0.25) is 0 Å². The first kappa shape index (κ1) is 15.4. The average Bonchev–Trinajstić information content (AvgIpc) is 2.97. The molecule has 8 nitrogen and oxygen atoms in total. The van der Waals surface area contributed by atoms with Crippen molar-refractivity contribution in [2.75, 3.05) is 32.9 Å². The molecule has 0 radical (unpaired) electrons. The summed E-state index contributed by atoms with van der Waals surface area (Å²) >= 11 is 0. The van der Waals surface area contributed by atoms with E-state index in [1.165, 1.54) is 0 Å².